The summed E-state index contributed by atoms with van der Waals surface area (Å²) in [6, 6.07) is 0.352. The molecule has 3 heterocycles. The van der Waals surface area contributed by atoms with Crippen LogP contribution >= 0.6 is 24.8 Å². The fourth-order valence-corrected chi connectivity index (χ4v) is 4.40. The van der Waals surface area contributed by atoms with Crippen LogP contribution in [0.1, 0.15) is 16.9 Å². The Morgan fingerprint density at radius 3 is 2.79 bits per heavy atom. The van der Waals surface area contributed by atoms with Crippen LogP contribution < -0.4 is 10.6 Å². The van der Waals surface area contributed by atoms with Crippen molar-refractivity contribution in [1.82, 2.24) is 35.4 Å². The number of hydrogen-bond donors (Lipinski definition) is 2. The van der Waals surface area contributed by atoms with Gasteiger partial charge in [0.15, 0.2) is 5.69 Å². The number of piperazine rings is 1. The van der Waals surface area contributed by atoms with E-state index in [1.807, 2.05) is 14.1 Å². The highest BCUT2D eigenvalue weighted by atomic mass is 35.5. The maximum Gasteiger partial charge on any atom is 0.273 e. The zero-order valence-electron chi connectivity index (χ0n) is 16.4. The van der Waals surface area contributed by atoms with Gasteiger partial charge in [0.2, 0.25) is 0 Å². The number of rotatable bonds is 6. The van der Waals surface area contributed by atoms with Gasteiger partial charge in [0.1, 0.15) is 0 Å². The van der Waals surface area contributed by atoms with Crippen LogP contribution in [0.2, 0.25) is 0 Å². The number of carbonyl (C=O) groups is 1. The lowest BCUT2D eigenvalue weighted by atomic mass is 9.71. The summed E-state index contributed by atoms with van der Waals surface area (Å²) in [6.07, 6.45) is 3.01. The Morgan fingerprint density at radius 2 is 2.07 bits per heavy atom. The van der Waals surface area contributed by atoms with Crippen LogP contribution in [0.15, 0.2) is 6.20 Å². The van der Waals surface area contributed by atoms with Crippen molar-refractivity contribution >= 4 is 30.7 Å². The molecule has 11 heteroatoms. The van der Waals surface area contributed by atoms with E-state index in [9.17, 15) is 4.79 Å². The lowest BCUT2D eigenvalue weighted by molar-refractivity contribution is -0.0664. The summed E-state index contributed by atoms with van der Waals surface area (Å²) in [5, 5.41) is 14.7. The van der Waals surface area contributed by atoms with Gasteiger partial charge in [-0.1, -0.05) is 5.21 Å². The minimum atomic E-state index is -0.138. The Kier molecular flexibility index (Phi) is 8.47. The van der Waals surface area contributed by atoms with Crippen molar-refractivity contribution in [3.8, 4) is 0 Å². The van der Waals surface area contributed by atoms with Crippen LogP contribution in [0.4, 0.5) is 0 Å². The molecule has 4 rings (SSSR count). The lowest BCUT2D eigenvalue weighted by Gasteiger charge is -2.50. The zero-order valence-corrected chi connectivity index (χ0v) is 18.0. The minimum Gasteiger partial charge on any atom is -0.376 e. The van der Waals surface area contributed by atoms with Gasteiger partial charge in [-0.05, 0) is 20.5 Å². The maximum absolute atomic E-state index is 12.6. The van der Waals surface area contributed by atoms with Crippen LogP contribution in [-0.2, 0) is 11.3 Å². The largest absolute Gasteiger partial charge is 0.376 e. The van der Waals surface area contributed by atoms with Crippen molar-refractivity contribution in [1.29, 1.82) is 0 Å². The third-order valence-electron chi connectivity index (χ3n) is 5.87. The molecule has 2 saturated heterocycles. The van der Waals surface area contributed by atoms with Crippen LogP contribution in [0.3, 0.4) is 0 Å². The van der Waals surface area contributed by atoms with Crippen molar-refractivity contribution in [3.63, 3.8) is 0 Å². The van der Waals surface area contributed by atoms with E-state index in [2.05, 4.69) is 30.7 Å². The lowest BCUT2D eigenvalue weighted by Crippen LogP contribution is -2.69. The first-order valence-electron chi connectivity index (χ1n) is 9.55. The van der Waals surface area contributed by atoms with Gasteiger partial charge < -0.3 is 20.3 Å². The number of carbonyl (C=O) groups excluding carboxylic acids is 1. The second kappa shape index (κ2) is 10.2. The summed E-state index contributed by atoms with van der Waals surface area (Å²) in [6.45, 7) is 6.65. The van der Waals surface area contributed by atoms with Crippen LogP contribution in [-0.4, -0.2) is 102 Å². The van der Waals surface area contributed by atoms with E-state index in [0.717, 1.165) is 52.3 Å². The van der Waals surface area contributed by atoms with Gasteiger partial charge in [-0.3, -0.25) is 14.4 Å². The molecule has 1 aromatic heterocycles. The molecular weight excluding hydrogens is 405 g/mol. The molecule has 1 aromatic rings. The number of aromatic nitrogens is 3. The fourth-order valence-electron chi connectivity index (χ4n) is 4.40. The molecule has 2 N–H and O–H groups in total. The van der Waals surface area contributed by atoms with Gasteiger partial charge in [0.05, 0.1) is 30.9 Å². The summed E-state index contributed by atoms with van der Waals surface area (Å²) in [5.74, 6) is 0.273. The number of hydrogen-bond acceptors (Lipinski definition) is 7. The van der Waals surface area contributed by atoms with Gasteiger partial charge in [-0.25, -0.2) is 0 Å². The predicted molar refractivity (Wildman–Crippen MR) is 110 cm³/mol. The van der Waals surface area contributed by atoms with Gasteiger partial charge in [-0.2, -0.15) is 0 Å². The molecule has 4 atom stereocenters. The van der Waals surface area contributed by atoms with Crippen LogP contribution in [0.5, 0.6) is 0 Å². The molecule has 3 fully saturated rings. The normalized spacial score (nSPS) is 29.4. The zero-order chi connectivity index (χ0) is 18.1. The number of fused-ring (bicyclic) bond motifs is 1. The van der Waals surface area contributed by atoms with E-state index >= 15 is 0 Å². The van der Waals surface area contributed by atoms with Gasteiger partial charge >= 0.3 is 0 Å². The summed E-state index contributed by atoms with van der Waals surface area (Å²) in [7, 11) is 4.07. The third kappa shape index (κ3) is 4.77. The Labute approximate surface area is 178 Å². The quantitative estimate of drug-likeness (QED) is 0.620. The summed E-state index contributed by atoms with van der Waals surface area (Å²) < 4.78 is 7.57. The maximum atomic E-state index is 12.6. The van der Waals surface area contributed by atoms with E-state index in [1.165, 1.54) is 0 Å². The van der Waals surface area contributed by atoms with Crippen LogP contribution in [0.25, 0.3) is 0 Å². The van der Waals surface area contributed by atoms with Crippen molar-refractivity contribution in [2.45, 2.75) is 31.2 Å². The Morgan fingerprint density at radius 1 is 1.32 bits per heavy atom. The van der Waals surface area contributed by atoms with Crippen molar-refractivity contribution in [2.24, 2.45) is 5.92 Å². The number of nitrogens with zero attached hydrogens (tertiary/aromatic N) is 5. The van der Waals surface area contributed by atoms with Gasteiger partial charge in [-0.15, -0.1) is 29.9 Å². The molecule has 1 saturated carbocycles. The molecule has 0 aromatic carbocycles. The highest BCUT2D eigenvalue weighted by Crippen LogP contribution is 2.41. The molecule has 1 amide bonds. The predicted octanol–water partition coefficient (Wildman–Crippen LogP) is -0.526. The van der Waals surface area contributed by atoms with E-state index in [0.29, 0.717) is 11.6 Å². The first kappa shape index (κ1) is 23.3. The third-order valence-corrected chi connectivity index (χ3v) is 5.87. The van der Waals surface area contributed by atoms with E-state index in [4.69, 9.17) is 4.74 Å². The molecule has 3 aliphatic rings. The van der Waals surface area contributed by atoms with Crippen molar-refractivity contribution in [3.05, 3.63) is 11.9 Å². The number of amides is 1. The highest BCUT2D eigenvalue weighted by Gasteiger charge is 2.55. The van der Waals surface area contributed by atoms with E-state index in [-0.39, 0.29) is 48.9 Å². The van der Waals surface area contributed by atoms with Gasteiger partial charge in [0, 0.05) is 45.2 Å². The Balaban J connectivity index is 0.00000140. The molecule has 1 aliphatic carbocycles. The molecule has 2 aliphatic heterocycles. The van der Waals surface area contributed by atoms with E-state index in [1.54, 1.807) is 10.9 Å². The minimum absolute atomic E-state index is 0. The Hall–Kier alpha value is -0.970. The number of likely N-dealkylation sites (N-methyl/N-ethyl adjacent to an activating group) is 1. The summed E-state index contributed by atoms with van der Waals surface area (Å²) in [5.41, 5.74) is 0.394. The standard InChI is InChI=1S/C17H29N7O2.2ClH/c1-22(2)15-14(12-3-10-26-16(12)15)19-17(25)13-11-24(21-20-13)9-8-23-6-4-18-5-7-23;;/h11-12,14-16,18H,3-10H2,1-2H3,(H,19,25);2*1H/t12-,14+,15-,16-;;/m1../s1. The molecular formula is C17H31Cl2N7O2. The number of nitrogens with one attached hydrogen (secondary N) is 2. The molecule has 0 spiro atoms. The summed E-state index contributed by atoms with van der Waals surface area (Å²) >= 11 is 0. The van der Waals surface area contributed by atoms with Crippen molar-refractivity contribution < 1.29 is 9.53 Å². The molecule has 9 nitrogen and oxygen atoms in total. The number of ether oxygens (including phenoxy) is 1. The summed E-state index contributed by atoms with van der Waals surface area (Å²) in [4.78, 5) is 17.2. The van der Waals surface area contributed by atoms with Gasteiger partial charge in [0.25, 0.3) is 5.91 Å². The fraction of sp³-hybridized carbons (Fsp3) is 0.824. The average Bonchev–Trinajstić information content (AvgIpc) is 3.26. The van der Waals surface area contributed by atoms with Crippen LogP contribution in [0, 0.1) is 5.92 Å². The van der Waals surface area contributed by atoms with E-state index < -0.39 is 0 Å². The monoisotopic (exact) mass is 435 g/mol. The second-order valence-corrected chi connectivity index (χ2v) is 7.70. The highest BCUT2D eigenvalue weighted by molar-refractivity contribution is 5.92. The Bertz CT molecular complexity index is 639. The first-order valence-corrected chi connectivity index (χ1v) is 9.55. The molecule has 0 bridgehead atoms. The smallest absolute Gasteiger partial charge is 0.273 e. The van der Waals surface area contributed by atoms with Crippen molar-refractivity contribution in [2.75, 3.05) is 53.4 Å². The molecule has 28 heavy (non-hydrogen) atoms. The molecule has 0 unspecified atom stereocenters. The molecule has 160 valence electrons. The molecule has 0 radical (unpaired) electrons. The first-order chi connectivity index (χ1) is 12.6. The number of halogens is 2. The second-order valence-electron chi connectivity index (χ2n) is 7.70. The SMILES string of the molecule is CN(C)[C@@H]1[C@@H](NC(=O)c2cn(CCN3CCNCC3)nn2)[C@H]2CCO[C@H]21.Cl.Cl. The topological polar surface area (TPSA) is 87.6 Å². The average molecular weight is 436 g/mol.